The van der Waals surface area contributed by atoms with E-state index >= 15 is 0 Å². The normalized spacial score (nSPS) is 17.4. The molecule has 0 radical (unpaired) electrons. The number of nitrogens with zero attached hydrogens (tertiary/aromatic N) is 1. The first-order chi connectivity index (χ1) is 7.42. The zero-order chi connectivity index (χ0) is 12.2. The summed E-state index contributed by atoms with van der Waals surface area (Å²) < 4.78 is 0. The van der Waals surface area contributed by atoms with Gasteiger partial charge >= 0.3 is 5.97 Å². The van der Waals surface area contributed by atoms with Crippen molar-refractivity contribution in [2.75, 3.05) is 26.2 Å². The van der Waals surface area contributed by atoms with E-state index in [9.17, 15) is 9.59 Å². The van der Waals surface area contributed by atoms with Crippen molar-refractivity contribution in [2.45, 2.75) is 26.7 Å². The van der Waals surface area contributed by atoms with Crippen LogP contribution in [0.3, 0.4) is 0 Å². The van der Waals surface area contributed by atoms with Crippen molar-refractivity contribution in [3.05, 3.63) is 0 Å². The van der Waals surface area contributed by atoms with Crippen LogP contribution in [0.5, 0.6) is 0 Å². The molecule has 1 rings (SSSR count). The zero-order valence-corrected chi connectivity index (χ0v) is 9.95. The van der Waals surface area contributed by atoms with Crippen LogP contribution >= 0.6 is 0 Å². The van der Waals surface area contributed by atoms with E-state index in [4.69, 9.17) is 5.11 Å². The van der Waals surface area contributed by atoms with Crippen LogP contribution in [0.25, 0.3) is 0 Å². The fourth-order valence-electron chi connectivity index (χ4n) is 1.97. The van der Waals surface area contributed by atoms with Gasteiger partial charge in [-0.1, -0.05) is 0 Å². The van der Waals surface area contributed by atoms with E-state index in [1.807, 2.05) is 13.8 Å². The molecular weight excluding hydrogens is 208 g/mol. The summed E-state index contributed by atoms with van der Waals surface area (Å²) in [5, 5.41) is 10.9. The lowest BCUT2D eigenvalue weighted by Crippen LogP contribution is -2.45. The maximum absolute atomic E-state index is 11.8. The summed E-state index contributed by atoms with van der Waals surface area (Å²) >= 11 is 0. The molecule has 0 saturated carbocycles. The zero-order valence-electron chi connectivity index (χ0n) is 9.95. The molecule has 0 bridgehead atoms. The number of aliphatic carboxylic acids is 1. The summed E-state index contributed by atoms with van der Waals surface area (Å²) in [5.41, 5.74) is -0.528. The first kappa shape index (κ1) is 13.0. The number of carbonyl (C=O) groups excluding carboxylic acids is 1. The van der Waals surface area contributed by atoms with Gasteiger partial charge in [-0.25, -0.2) is 0 Å². The Hall–Kier alpha value is -1.10. The fraction of sp³-hybridized carbons (Fsp3) is 0.818. The smallest absolute Gasteiger partial charge is 0.322 e. The summed E-state index contributed by atoms with van der Waals surface area (Å²) in [5.74, 6) is -1.20. The maximum Gasteiger partial charge on any atom is 0.322 e. The molecule has 0 spiro atoms. The van der Waals surface area contributed by atoms with Crippen molar-refractivity contribution in [1.29, 1.82) is 0 Å². The Kier molecular flexibility index (Phi) is 4.29. The SMILES string of the molecule is CC(C)(CN1CCCC1)C(=O)NCC(=O)O. The Morgan fingerprint density at radius 3 is 2.38 bits per heavy atom. The molecule has 16 heavy (non-hydrogen) atoms. The molecule has 0 aromatic heterocycles. The Morgan fingerprint density at radius 2 is 1.88 bits per heavy atom. The van der Waals surface area contributed by atoms with Gasteiger partial charge in [0.15, 0.2) is 0 Å². The number of hydrogen-bond donors (Lipinski definition) is 2. The molecule has 1 aliphatic heterocycles. The quantitative estimate of drug-likeness (QED) is 0.710. The van der Waals surface area contributed by atoms with Crippen LogP contribution in [0.1, 0.15) is 26.7 Å². The number of likely N-dealkylation sites (tertiary alicyclic amines) is 1. The van der Waals surface area contributed by atoms with Gasteiger partial charge in [-0.05, 0) is 39.8 Å². The van der Waals surface area contributed by atoms with E-state index in [2.05, 4.69) is 10.2 Å². The summed E-state index contributed by atoms with van der Waals surface area (Å²) in [7, 11) is 0. The first-order valence-corrected chi connectivity index (χ1v) is 5.64. The number of nitrogens with one attached hydrogen (secondary N) is 1. The van der Waals surface area contributed by atoms with Crippen LogP contribution in [0.15, 0.2) is 0 Å². The predicted molar refractivity (Wildman–Crippen MR) is 60.1 cm³/mol. The number of carboxylic acid groups (broad SMARTS) is 1. The van der Waals surface area contributed by atoms with Gasteiger partial charge in [-0.2, -0.15) is 0 Å². The molecule has 2 N–H and O–H groups in total. The van der Waals surface area contributed by atoms with Gasteiger partial charge < -0.3 is 15.3 Å². The highest BCUT2D eigenvalue weighted by Gasteiger charge is 2.31. The van der Waals surface area contributed by atoms with Gasteiger partial charge in [0, 0.05) is 6.54 Å². The lowest BCUT2D eigenvalue weighted by Gasteiger charge is -2.28. The second-order valence-electron chi connectivity index (χ2n) is 4.94. The van der Waals surface area contributed by atoms with Gasteiger partial charge in [0.1, 0.15) is 6.54 Å². The number of carbonyl (C=O) groups is 2. The molecule has 0 unspecified atom stereocenters. The molecule has 5 heteroatoms. The standard InChI is InChI=1S/C11H20N2O3/c1-11(2,8-13-5-3-4-6-13)10(16)12-7-9(14)15/h3-8H2,1-2H3,(H,12,16)(H,14,15). The van der Waals surface area contributed by atoms with Crippen molar-refractivity contribution >= 4 is 11.9 Å². The lowest BCUT2D eigenvalue weighted by atomic mass is 9.91. The van der Waals surface area contributed by atoms with Crippen LogP contribution in [-0.4, -0.2) is 48.1 Å². The molecule has 0 aromatic carbocycles. The van der Waals surface area contributed by atoms with Gasteiger partial charge in [0.25, 0.3) is 0 Å². The number of carboxylic acids is 1. The van der Waals surface area contributed by atoms with Crippen molar-refractivity contribution in [3.8, 4) is 0 Å². The van der Waals surface area contributed by atoms with Crippen LogP contribution < -0.4 is 5.32 Å². The number of rotatable bonds is 5. The summed E-state index contributed by atoms with van der Waals surface area (Å²) in [6.45, 7) is 6.16. The van der Waals surface area contributed by atoms with E-state index in [0.29, 0.717) is 6.54 Å². The van der Waals surface area contributed by atoms with Crippen molar-refractivity contribution in [1.82, 2.24) is 10.2 Å². The van der Waals surface area contributed by atoms with Crippen molar-refractivity contribution < 1.29 is 14.7 Å². The second kappa shape index (κ2) is 5.30. The Balaban J connectivity index is 2.41. The third-order valence-electron chi connectivity index (χ3n) is 2.83. The van der Waals surface area contributed by atoms with E-state index < -0.39 is 11.4 Å². The molecule has 0 atom stereocenters. The molecule has 1 fully saturated rings. The molecule has 1 amide bonds. The van der Waals surface area contributed by atoms with Crippen LogP contribution in [-0.2, 0) is 9.59 Å². The largest absolute Gasteiger partial charge is 0.480 e. The van der Waals surface area contributed by atoms with Crippen LogP contribution in [0.2, 0.25) is 0 Å². The summed E-state index contributed by atoms with van der Waals surface area (Å²) in [6.07, 6.45) is 2.37. The lowest BCUT2D eigenvalue weighted by molar-refractivity contribution is -0.139. The Bertz CT molecular complexity index is 270. The molecule has 1 heterocycles. The minimum Gasteiger partial charge on any atom is -0.480 e. The topological polar surface area (TPSA) is 69.6 Å². The Morgan fingerprint density at radius 1 is 1.31 bits per heavy atom. The molecule has 0 aliphatic carbocycles. The first-order valence-electron chi connectivity index (χ1n) is 5.64. The van der Waals surface area contributed by atoms with Gasteiger partial charge in [-0.15, -0.1) is 0 Å². The highest BCUT2D eigenvalue weighted by Crippen LogP contribution is 2.20. The monoisotopic (exact) mass is 228 g/mol. The van der Waals surface area contributed by atoms with E-state index in [0.717, 1.165) is 13.1 Å². The van der Waals surface area contributed by atoms with Gasteiger partial charge in [0.05, 0.1) is 5.41 Å². The minimum atomic E-state index is -1.01. The highest BCUT2D eigenvalue weighted by molar-refractivity contribution is 5.85. The maximum atomic E-state index is 11.8. The molecule has 5 nitrogen and oxygen atoms in total. The van der Waals surface area contributed by atoms with Gasteiger partial charge in [-0.3, -0.25) is 9.59 Å². The predicted octanol–water partition coefficient (Wildman–Crippen LogP) is 0.309. The van der Waals surface area contributed by atoms with Crippen LogP contribution in [0, 0.1) is 5.41 Å². The summed E-state index contributed by atoms with van der Waals surface area (Å²) in [4.78, 5) is 24.4. The molecular formula is C11H20N2O3. The van der Waals surface area contributed by atoms with E-state index in [-0.39, 0.29) is 12.5 Å². The third-order valence-corrected chi connectivity index (χ3v) is 2.83. The van der Waals surface area contributed by atoms with Gasteiger partial charge in [0.2, 0.25) is 5.91 Å². The van der Waals surface area contributed by atoms with Crippen LogP contribution in [0.4, 0.5) is 0 Å². The molecule has 0 aromatic rings. The van der Waals surface area contributed by atoms with Crippen molar-refractivity contribution in [3.63, 3.8) is 0 Å². The average Bonchev–Trinajstić information content (AvgIpc) is 2.65. The number of amides is 1. The highest BCUT2D eigenvalue weighted by atomic mass is 16.4. The molecule has 1 aliphatic rings. The molecule has 92 valence electrons. The molecule has 1 saturated heterocycles. The van der Waals surface area contributed by atoms with E-state index in [1.54, 1.807) is 0 Å². The average molecular weight is 228 g/mol. The summed E-state index contributed by atoms with van der Waals surface area (Å²) in [6, 6.07) is 0. The van der Waals surface area contributed by atoms with Crippen molar-refractivity contribution in [2.24, 2.45) is 5.41 Å². The third kappa shape index (κ3) is 3.81. The van der Waals surface area contributed by atoms with E-state index in [1.165, 1.54) is 12.8 Å². The minimum absolute atomic E-state index is 0.193. The second-order valence-corrected chi connectivity index (χ2v) is 4.94. The number of hydrogen-bond acceptors (Lipinski definition) is 3. The fourth-order valence-corrected chi connectivity index (χ4v) is 1.97. The Labute approximate surface area is 95.8 Å².